The van der Waals surface area contributed by atoms with Gasteiger partial charge in [0.25, 0.3) is 0 Å². The molecule has 0 aromatic carbocycles. The molecule has 4 nitrogen and oxygen atoms in total. The Kier molecular flexibility index (Phi) is 13.9. The molecule has 0 heterocycles. The van der Waals surface area contributed by atoms with Crippen molar-refractivity contribution in [2.75, 3.05) is 25.7 Å². The zero-order chi connectivity index (χ0) is 18.4. The van der Waals surface area contributed by atoms with E-state index in [1.165, 1.54) is 0 Å². The van der Waals surface area contributed by atoms with E-state index in [4.69, 9.17) is 9.47 Å². The average molecular weight is 378 g/mol. The summed E-state index contributed by atoms with van der Waals surface area (Å²) in [6.45, 7) is 14.7. The van der Waals surface area contributed by atoms with E-state index in [2.05, 4.69) is 52.9 Å². The van der Waals surface area contributed by atoms with Gasteiger partial charge in [-0.1, -0.05) is 61.4 Å². The van der Waals surface area contributed by atoms with Crippen molar-refractivity contribution in [3.05, 3.63) is 12.2 Å². The van der Waals surface area contributed by atoms with E-state index in [1.807, 2.05) is 16.9 Å². The number of allylic oxidation sites excluding steroid dienone is 2. The van der Waals surface area contributed by atoms with Gasteiger partial charge in [-0.2, -0.15) is 0 Å². The van der Waals surface area contributed by atoms with Gasteiger partial charge in [0.1, 0.15) is 12.5 Å². The van der Waals surface area contributed by atoms with Crippen LogP contribution in [0.2, 0.25) is 0 Å². The first-order valence-corrected chi connectivity index (χ1v) is 11.0. The molecule has 0 saturated heterocycles. The highest BCUT2D eigenvalue weighted by atomic mass is 33.1. The molecule has 0 aliphatic heterocycles. The summed E-state index contributed by atoms with van der Waals surface area (Å²) in [7, 11) is 3.51. The number of hydrogen-bond donors (Lipinski definition) is 1. The first-order valence-electron chi connectivity index (χ1n) is 8.67. The zero-order valence-corrected chi connectivity index (χ0v) is 17.7. The van der Waals surface area contributed by atoms with Crippen LogP contribution in [0.15, 0.2) is 12.2 Å². The predicted molar refractivity (Wildman–Crippen MR) is 107 cm³/mol. The lowest BCUT2D eigenvalue weighted by Crippen LogP contribution is -2.35. The van der Waals surface area contributed by atoms with Gasteiger partial charge in [-0.05, 0) is 26.2 Å². The van der Waals surface area contributed by atoms with E-state index in [-0.39, 0.29) is 10.7 Å². The van der Waals surface area contributed by atoms with Crippen molar-refractivity contribution in [3.63, 3.8) is 0 Å². The molecule has 24 heavy (non-hydrogen) atoms. The summed E-state index contributed by atoms with van der Waals surface area (Å²) in [6, 6.07) is 0.502. The molecule has 6 heteroatoms. The van der Waals surface area contributed by atoms with E-state index in [9.17, 15) is 4.79 Å². The number of carbonyl (C=O) groups is 1. The molecule has 0 aliphatic rings. The first kappa shape index (κ1) is 23.8. The third-order valence-electron chi connectivity index (χ3n) is 2.88. The Balaban J connectivity index is 3.51. The van der Waals surface area contributed by atoms with Crippen molar-refractivity contribution in [2.24, 2.45) is 5.92 Å². The summed E-state index contributed by atoms with van der Waals surface area (Å²) in [5.74, 6) is 0.968. The largest absolute Gasteiger partial charge is 0.463 e. The second-order valence-electron chi connectivity index (χ2n) is 6.95. The highest BCUT2D eigenvalue weighted by molar-refractivity contribution is 8.77. The molecule has 0 bridgehead atoms. The van der Waals surface area contributed by atoms with Crippen molar-refractivity contribution in [1.29, 1.82) is 0 Å². The van der Waals surface area contributed by atoms with E-state index in [0.29, 0.717) is 37.5 Å². The predicted octanol–water partition coefficient (Wildman–Crippen LogP) is 4.65. The van der Waals surface area contributed by atoms with Crippen LogP contribution in [0.5, 0.6) is 0 Å². The first-order chi connectivity index (χ1) is 11.2. The van der Waals surface area contributed by atoms with Gasteiger partial charge in [0, 0.05) is 23.8 Å². The fraction of sp³-hybridized carbons (Fsp3) is 0.833. The summed E-state index contributed by atoms with van der Waals surface area (Å²) < 4.78 is 10.8. The number of esters is 1. The van der Waals surface area contributed by atoms with Crippen molar-refractivity contribution in [1.82, 2.24) is 5.32 Å². The second kappa shape index (κ2) is 14.0. The lowest BCUT2D eigenvalue weighted by Gasteiger charge is -2.24. The molecule has 0 unspecified atom stereocenters. The fourth-order valence-electron chi connectivity index (χ4n) is 1.61. The Morgan fingerprint density at radius 2 is 1.92 bits per heavy atom. The van der Waals surface area contributed by atoms with Crippen LogP contribution in [-0.2, 0) is 14.3 Å². The number of nitrogens with one attached hydrogen (secondary N) is 1. The van der Waals surface area contributed by atoms with Gasteiger partial charge in [-0.15, -0.1) is 0 Å². The minimum Gasteiger partial charge on any atom is -0.463 e. The van der Waals surface area contributed by atoms with Crippen LogP contribution >= 0.6 is 21.6 Å². The molecule has 0 aromatic rings. The summed E-state index contributed by atoms with van der Waals surface area (Å²) in [5, 5.41) is 3.45. The Morgan fingerprint density at radius 1 is 1.21 bits per heavy atom. The monoisotopic (exact) mass is 377 g/mol. The lowest BCUT2D eigenvalue weighted by atomic mass is 10.2. The summed E-state index contributed by atoms with van der Waals surface area (Å²) >= 11 is 0. The van der Waals surface area contributed by atoms with Crippen LogP contribution in [0.1, 0.15) is 54.4 Å². The molecule has 0 amide bonds. The third-order valence-corrected chi connectivity index (χ3v) is 5.85. The standard InChI is InChI=1S/C18H35NO3S2/c1-15(2)9-7-8-10-17(20)22-12-11-21-14-23-24-18(5,6)13-19-16(3)4/h7,9,15-16,19H,8,10-14H2,1-6H3/b9-7+. The van der Waals surface area contributed by atoms with Crippen LogP contribution in [0.3, 0.4) is 0 Å². The van der Waals surface area contributed by atoms with Gasteiger partial charge in [0.15, 0.2) is 0 Å². The molecular weight excluding hydrogens is 342 g/mol. The Bertz CT molecular complexity index is 358. The van der Waals surface area contributed by atoms with E-state index in [1.54, 1.807) is 10.8 Å². The van der Waals surface area contributed by atoms with Crippen molar-refractivity contribution >= 4 is 27.6 Å². The van der Waals surface area contributed by atoms with Crippen LogP contribution in [0.4, 0.5) is 0 Å². The minimum atomic E-state index is -0.157. The van der Waals surface area contributed by atoms with Crippen LogP contribution in [0, 0.1) is 5.92 Å². The van der Waals surface area contributed by atoms with Crippen LogP contribution in [-0.4, -0.2) is 42.5 Å². The van der Waals surface area contributed by atoms with Crippen LogP contribution < -0.4 is 5.32 Å². The maximum atomic E-state index is 11.5. The van der Waals surface area contributed by atoms with Gasteiger partial charge in [-0.3, -0.25) is 4.79 Å². The second-order valence-corrected chi connectivity index (χ2v) is 9.90. The Hall–Kier alpha value is -0.170. The Labute approximate surface area is 156 Å². The third kappa shape index (κ3) is 16.7. The quantitative estimate of drug-likeness (QED) is 0.156. The lowest BCUT2D eigenvalue weighted by molar-refractivity contribution is -0.144. The molecule has 0 aliphatic carbocycles. The zero-order valence-electron chi connectivity index (χ0n) is 16.1. The highest BCUT2D eigenvalue weighted by Gasteiger charge is 2.18. The molecule has 0 spiro atoms. The van der Waals surface area contributed by atoms with Crippen molar-refractivity contribution in [3.8, 4) is 0 Å². The molecule has 0 rings (SSSR count). The molecule has 0 aromatic heterocycles. The van der Waals surface area contributed by atoms with Crippen molar-refractivity contribution < 1.29 is 14.3 Å². The van der Waals surface area contributed by atoms with Crippen molar-refractivity contribution in [2.45, 2.75) is 65.2 Å². The molecule has 1 N–H and O–H groups in total. The summed E-state index contributed by atoms with van der Waals surface area (Å²) in [6.07, 6.45) is 5.31. The number of ether oxygens (including phenoxy) is 2. The highest BCUT2D eigenvalue weighted by Crippen LogP contribution is 2.35. The number of carbonyl (C=O) groups excluding carboxylic acids is 1. The maximum Gasteiger partial charge on any atom is 0.306 e. The molecular formula is C18H35NO3S2. The molecule has 0 fully saturated rings. The van der Waals surface area contributed by atoms with Gasteiger partial charge >= 0.3 is 5.97 Å². The fourth-order valence-corrected chi connectivity index (χ4v) is 3.79. The van der Waals surface area contributed by atoms with E-state index >= 15 is 0 Å². The van der Waals surface area contributed by atoms with E-state index in [0.717, 1.165) is 13.0 Å². The van der Waals surface area contributed by atoms with Crippen LogP contribution in [0.25, 0.3) is 0 Å². The maximum absolute atomic E-state index is 11.5. The number of rotatable bonds is 14. The van der Waals surface area contributed by atoms with Gasteiger partial charge in [0.05, 0.1) is 6.61 Å². The molecule has 142 valence electrons. The Morgan fingerprint density at radius 3 is 2.54 bits per heavy atom. The smallest absolute Gasteiger partial charge is 0.306 e. The molecule has 0 radical (unpaired) electrons. The van der Waals surface area contributed by atoms with Gasteiger partial charge in [0.2, 0.25) is 0 Å². The normalized spacial score (nSPS) is 12.5. The summed E-state index contributed by atoms with van der Waals surface area (Å²) in [4.78, 5) is 11.5. The van der Waals surface area contributed by atoms with E-state index < -0.39 is 0 Å². The summed E-state index contributed by atoms with van der Waals surface area (Å²) in [5.41, 5.74) is 0. The topological polar surface area (TPSA) is 47.6 Å². The molecule has 0 saturated carbocycles. The average Bonchev–Trinajstić information content (AvgIpc) is 2.48. The van der Waals surface area contributed by atoms with Gasteiger partial charge < -0.3 is 14.8 Å². The molecule has 0 atom stereocenters. The SMILES string of the molecule is CC(C)/C=C/CCC(=O)OCCOCSSC(C)(C)CNC(C)C. The number of hydrogen-bond acceptors (Lipinski definition) is 6. The minimum absolute atomic E-state index is 0.157. The van der Waals surface area contributed by atoms with Gasteiger partial charge in [-0.25, -0.2) is 0 Å².